The van der Waals surface area contributed by atoms with E-state index in [9.17, 15) is 4.79 Å². The van der Waals surface area contributed by atoms with E-state index in [0.717, 1.165) is 29.7 Å². The van der Waals surface area contributed by atoms with Crippen LogP contribution in [0.4, 0.5) is 0 Å². The number of aromatic nitrogens is 4. The number of nitrogens with one attached hydrogen (secondary N) is 1. The van der Waals surface area contributed by atoms with Crippen molar-refractivity contribution in [2.75, 3.05) is 0 Å². The highest BCUT2D eigenvalue weighted by Gasteiger charge is 2.31. The molecule has 4 aromatic rings. The fourth-order valence-electron chi connectivity index (χ4n) is 3.40. The highest BCUT2D eigenvalue weighted by molar-refractivity contribution is 8.00. The number of nitrogens with zero attached hydrogens (tertiary/aromatic N) is 4. The van der Waals surface area contributed by atoms with Crippen molar-refractivity contribution in [3.8, 4) is 17.1 Å². The third kappa shape index (κ3) is 4.90. The second-order valence-corrected chi connectivity index (χ2v) is 9.55. The summed E-state index contributed by atoms with van der Waals surface area (Å²) in [4.78, 5) is 17.3. The van der Waals surface area contributed by atoms with E-state index in [1.807, 2.05) is 53.1 Å². The van der Waals surface area contributed by atoms with Gasteiger partial charge in [0.25, 0.3) is 0 Å². The predicted octanol–water partition coefficient (Wildman–Crippen LogP) is 5.75. The van der Waals surface area contributed by atoms with Crippen LogP contribution in [0.25, 0.3) is 17.1 Å². The highest BCUT2D eigenvalue weighted by Crippen LogP contribution is 2.39. The van der Waals surface area contributed by atoms with Gasteiger partial charge in [-0.15, -0.1) is 10.2 Å². The number of rotatable bonds is 7. The Hall–Kier alpha value is -2.87. The fraction of sp³-hybridized carbons (Fsp3) is 0.167. The molecule has 0 unspecified atom stereocenters. The molecule has 1 aliphatic rings. The molecule has 1 amide bonds. The number of benzene rings is 2. The van der Waals surface area contributed by atoms with Crippen molar-refractivity contribution in [1.29, 1.82) is 0 Å². The number of hydrogen-bond donors (Lipinski definition) is 1. The average molecular weight is 496 g/mol. The molecule has 1 N–H and O–H groups in total. The molecule has 0 aliphatic heterocycles. The predicted molar refractivity (Wildman–Crippen MR) is 131 cm³/mol. The smallest absolute Gasteiger partial charge is 0.238 e. The first-order valence-corrected chi connectivity index (χ1v) is 12.1. The Bertz CT molecular complexity index is 1280. The fourth-order valence-corrected chi connectivity index (χ4v) is 4.76. The van der Waals surface area contributed by atoms with E-state index in [4.69, 9.17) is 23.2 Å². The first kappa shape index (κ1) is 21.9. The lowest BCUT2D eigenvalue weighted by Crippen LogP contribution is -2.29. The molecule has 0 bridgehead atoms. The monoisotopic (exact) mass is 495 g/mol. The Balaban J connectivity index is 1.59. The van der Waals surface area contributed by atoms with Gasteiger partial charge in [0.1, 0.15) is 5.25 Å². The van der Waals surface area contributed by atoms with Crippen LogP contribution in [0.2, 0.25) is 10.0 Å². The number of amides is 1. The Morgan fingerprint density at radius 1 is 1.00 bits per heavy atom. The third-order valence-electron chi connectivity index (χ3n) is 5.22. The first-order chi connectivity index (χ1) is 16.1. The molecule has 2 heterocycles. The lowest BCUT2D eigenvalue weighted by atomic mass is 10.1. The van der Waals surface area contributed by atoms with Crippen molar-refractivity contribution in [1.82, 2.24) is 25.1 Å². The molecule has 6 nitrogen and oxygen atoms in total. The third-order valence-corrected chi connectivity index (χ3v) is 7.16. The number of carbonyl (C=O) groups excluding carboxylic acids is 1. The summed E-state index contributed by atoms with van der Waals surface area (Å²) in [5.74, 6) is 0.579. The summed E-state index contributed by atoms with van der Waals surface area (Å²) < 4.78 is 1.89. The van der Waals surface area contributed by atoms with Crippen molar-refractivity contribution in [2.45, 2.75) is 29.3 Å². The standard InChI is InChI=1S/C24H19Cl2N5OS/c25-19-9-8-18(14-20(19)26)31-22(16-10-12-27-13-11-16)29-30-24(31)33-21(15-4-2-1-3-5-15)23(32)28-17-6-7-17/h1-5,8-14,17,21H,6-7H2,(H,28,32)/t21-/m0/s1. The van der Waals surface area contributed by atoms with Gasteiger partial charge in [-0.05, 0) is 48.7 Å². The van der Waals surface area contributed by atoms with E-state index in [-0.39, 0.29) is 11.9 Å². The molecule has 1 atom stereocenters. The van der Waals surface area contributed by atoms with E-state index in [2.05, 4.69) is 20.5 Å². The van der Waals surface area contributed by atoms with Gasteiger partial charge in [-0.1, -0.05) is 65.3 Å². The molecule has 33 heavy (non-hydrogen) atoms. The lowest BCUT2D eigenvalue weighted by Gasteiger charge is -2.18. The van der Waals surface area contributed by atoms with Crippen molar-refractivity contribution in [2.24, 2.45) is 0 Å². The molecule has 0 spiro atoms. The summed E-state index contributed by atoms with van der Waals surface area (Å²) in [5, 5.41) is 13.0. The summed E-state index contributed by atoms with van der Waals surface area (Å²) in [6.07, 6.45) is 5.44. The molecule has 1 aliphatic carbocycles. The Kier molecular flexibility index (Phi) is 6.35. The van der Waals surface area contributed by atoms with Gasteiger partial charge in [0, 0.05) is 24.0 Å². The van der Waals surface area contributed by atoms with Crippen molar-refractivity contribution in [3.63, 3.8) is 0 Å². The van der Waals surface area contributed by atoms with Gasteiger partial charge in [-0.3, -0.25) is 14.3 Å². The minimum atomic E-state index is -0.484. The number of halogens is 2. The number of carbonyl (C=O) groups is 1. The van der Waals surface area contributed by atoms with Crippen LogP contribution in [-0.2, 0) is 4.79 Å². The van der Waals surface area contributed by atoms with Gasteiger partial charge >= 0.3 is 0 Å². The first-order valence-electron chi connectivity index (χ1n) is 10.4. The van der Waals surface area contributed by atoms with Gasteiger partial charge in [0.05, 0.1) is 15.7 Å². The van der Waals surface area contributed by atoms with Crippen LogP contribution < -0.4 is 5.32 Å². The van der Waals surface area contributed by atoms with E-state index in [1.54, 1.807) is 24.5 Å². The Labute approximate surface area is 205 Å². The van der Waals surface area contributed by atoms with Crippen LogP contribution in [0.1, 0.15) is 23.7 Å². The maximum atomic E-state index is 13.2. The minimum absolute atomic E-state index is 0.0390. The highest BCUT2D eigenvalue weighted by atomic mass is 35.5. The summed E-state index contributed by atoms with van der Waals surface area (Å²) in [5.41, 5.74) is 2.49. The van der Waals surface area contributed by atoms with Crippen LogP contribution in [0.15, 0.2) is 78.2 Å². The van der Waals surface area contributed by atoms with Crippen LogP contribution in [0.5, 0.6) is 0 Å². The van der Waals surface area contributed by atoms with Crippen molar-refractivity contribution < 1.29 is 4.79 Å². The van der Waals surface area contributed by atoms with Gasteiger partial charge < -0.3 is 5.32 Å². The van der Waals surface area contributed by atoms with E-state index in [1.165, 1.54) is 11.8 Å². The second-order valence-electron chi connectivity index (χ2n) is 7.67. The SMILES string of the molecule is O=C(NC1CC1)[C@@H](Sc1nnc(-c2ccncc2)n1-c1ccc(Cl)c(Cl)c1)c1ccccc1. The zero-order valence-corrected chi connectivity index (χ0v) is 19.7. The van der Waals surface area contributed by atoms with Crippen LogP contribution in [0, 0.1) is 0 Å². The van der Waals surface area contributed by atoms with Gasteiger partial charge in [-0.25, -0.2) is 0 Å². The maximum absolute atomic E-state index is 13.2. The van der Waals surface area contributed by atoms with Crippen LogP contribution in [0.3, 0.4) is 0 Å². The molecule has 1 saturated carbocycles. The number of pyridine rings is 1. The Morgan fingerprint density at radius 2 is 1.76 bits per heavy atom. The molecule has 5 rings (SSSR count). The second kappa shape index (κ2) is 9.55. The minimum Gasteiger partial charge on any atom is -0.352 e. The van der Waals surface area contributed by atoms with E-state index < -0.39 is 5.25 Å². The topological polar surface area (TPSA) is 72.7 Å². The van der Waals surface area contributed by atoms with Crippen LogP contribution >= 0.6 is 35.0 Å². The molecule has 9 heteroatoms. The molecule has 0 radical (unpaired) electrons. The zero-order valence-electron chi connectivity index (χ0n) is 17.4. The Morgan fingerprint density at radius 3 is 2.45 bits per heavy atom. The van der Waals surface area contributed by atoms with Gasteiger partial charge in [-0.2, -0.15) is 0 Å². The van der Waals surface area contributed by atoms with Crippen molar-refractivity contribution >= 4 is 40.9 Å². The molecule has 1 fully saturated rings. The van der Waals surface area contributed by atoms with Gasteiger partial charge in [0.15, 0.2) is 11.0 Å². The molecular formula is C24H19Cl2N5OS. The quantitative estimate of drug-likeness (QED) is 0.330. The summed E-state index contributed by atoms with van der Waals surface area (Å²) in [6, 6.07) is 19.0. The summed E-state index contributed by atoms with van der Waals surface area (Å²) in [6.45, 7) is 0. The molecule has 0 saturated heterocycles. The van der Waals surface area contributed by atoms with Crippen molar-refractivity contribution in [3.05, 3.63) is 88.7 Å². The molecule has 166 valence electrons. The van der Waals surface area contributed by atoms with Gasteiger partial charge in [0.2, 0.25) is 5.91 Å². The molecule has 2 aromatic carbocycles. The summed E-state index contributed by atoms with van der Waals surface area (Å²) >= 11 is 13.8. The molecular weight excluding hydrogens is 477 g/mol. The number of hydrogen-bond acceptors (Lipinski definition) is 5. The molecule has 2 aromatic heterocycles. The normalized spacial score (nSPS) is 14.1. The number of thioether (sulfide) groups is 1. The van der Waals surface area contributed by atoms with E-state index >= 15 is 0 Å². The zero-order chi connectivity index (χ0) is 22.8. The largest absolute Gasteiger partial charge is 0.352 e. The maximum Gasteiger partial charge on any atom is 0.238 e. The lowest BCUT2D eigenvalue weighted by molar-refractivity contribution is -0.120. The summed E-state index contributed by atoms with van der Waals surface area (Å²) in [7, 11) is 0. The van der Waals surface area contributed by atoms with E-state index in [0.29, 0.717) is 21.0 Å². The average Bonchev–Trinajstić information content (AvgIpc) is 3.56. The van der Waals surface area contributed by atoms with Crippen LogP contribution in [-0.4, -0.2) is 31.7 Å².